The van der Waals surface area contributed by atoms with Gasteiger partial charge in [-0.2, -0.15) is 0 Å². The molecule has 2 aromatic rings. The van der Waals surface area contributed by atoms with Crippen molar-refractivity contribution < 1.29 is 9.90 Å². The van der Waals surface area contributed by atoms with Crippen molar-refractivity contribution in [3.63, 3.8) is 0 Å². The molecule has 0 radical (unpaired) electrons. The summed E-state index contributed by atoms with van der Waals surface area (Å²) in [5.41, 5.74) is 6.08. The van der Waals surface area contributed by atoms with Crippen LogP contribution in [0.3, 0.4) is 0 Å². The lowest BCUT2D eigenvalue weighted by Crippen LogP contribution is -2.36. The summed E-state index contributed by atoms with van der Waals surface area (Å²) in [7, 11) is 1.74. The van der Waals surface area contributed by atoms with Crippen molar-refractivity contribution in [1.29, 1.82) is 0 Å². The Bertz CT molecular complexity index is 596. The van der Waals surface area contributed by atoms with Gasteiger partial charge in [-0.1, -0.05) is 12.1 Å². The van der Waals surface area contributed by atoms with Gasteiger partial charge < -0.3 is 15.7 Å². The molecule has 0 aliphatic carbocycles. The van der Waals surface area contributed by atoms with E-state index in [1.54, 1.807) is 41.5 Å². The SMILES string of the molecule is CC(Cc1cccs1)N(C)C(=O)c1cccc(N)c1O. The van der Waals surface area contributed by atoms with Crippen LogP contribution in [0, 0.1) is 0 Å². The fraction of sp³-hybridized carbons (Fsp3) is 0.267. The summed E-state index contributed by atoms with van der Waals surface area (Å²) in [6, 6.07) is 8.92. The Morgan fingerprint density at radius 3 is 2.80 bits per heavy atom. The molecule has 1 amide bonds. The summed E-state index contributed by atoms with van der Waals surface area (Å²) in [5.74, 6) is -0.369. The Balaban J connectivity index is 2.13. The minimum absolute atomic E-state index is 0.0435. The van der Waals surface area contributed by atoms with Crippen LogP contribution in [0.5, 0.6) is 5.75 Å². The third-order valence-corrected chi connectivity index (χ3v) is 4.25. The van der Waals surface area contributed by atoms with Crippen molar-refractivity contribution in [3.8, 4) is 5.75 Å². The van der Waals surface area contributed by atoms with Gasteiger partial charge in [-0.05, 0) is 30.5 Å². The van der Waals surface area contributed by atoms with Gasteiger partial charge >= 0.3 is 0 Å². The Labute approximate surface area is 122 Å². The number of likely N-dealkylation sites (N-methyl/N-ethyl adjacent to an activating group) is 1. The Hall–Kier alpha value is -2.01. The number of para-hydroxylation sites is 1. The maximum Gasteiger partial charge on any atom is 0.257 e. The van der Waals surface area contributed by atoms with Crippen LogP contribution in [0.2, 0.25) is 0 Å². The van der Waals surface area contributed by atoms with E-state index in [2.05, 4.69) is 6.07 Å². The maximum atomic E-state index is 12.4. The topological polar surface area (TPSA) is 66.6 Å². The van der Waals surface area contributed by atoms with Crippen molar-refractivity contribution in [3.05, 3.63) is 46.2 Å². The van der Waals surface area contributed by atoms with E-state index >= 15 is 0 Å². The number of benzene rings is 1. The predicted octanol–water partition coefficient (Wildman–Crippen LogP) is 2.74. The van der Waals surface area contributed by atoms with Gasteiger partial charge in [0.25, 0.3) is 5.91 Å². The molecule has 1 aromatic carbocycles. The minimum atomic E-state index is -0.223. The third-order valence-electron chi connectivity index (χ3n) is 3.36. The number of phenolic OH excluding ortho intramolecular Hbond substituents is 1. The highest BCUT2D eigenvalue weighted by Crippen LogP contribution is 2.26. The molecule has 0 saturated heterocycles. The van der Waals surface area contributed by atoms with E-state index in [4.69, 9.17) is 5.73 Å². The fourth-order valence-electron chi connectivity index (χ4n) is 1.98. The second kappa shape index (κ2) is 5.96. The fourth-order valence-corrected chi connectivity index (χ4v) is 2.81. The summed E-state index contributed by atoms with van der Waals surface area (Å²) >= 11 is 1.67. The van der Waals surface area contributed by atoms with Crippen LogP contribution < -0.4 is 5.73 Å². The normalized spacial score (nSPS) is 12.1. The molecule has 0 aliphatic heterocycles. The van der Waals surface area contributed by atoms with Crippen LogP contribution in [0.1, 0.15) is 22.2 Å². The molecule has 106 valence electrons. The molecule has 0 aliphatic rings. The number of carbonyl (C=O) groups is 1. The number of amides is 1. The first-order valence-electron chi connectivity index (χ1n) is 6.37. The van der Waals surface area contributed by atoms with Crippen LogP contribution in [-0.2, 0) is 6.42 Å². The Morgan fingerprint density at radius 2 is 2.15 bits per heavy atom. The van der Waals surface area contributed by atoms with Crippen LogP contribution in [-0.4, -0.2) is 29.0 Å². The molecular formula is C15H18N2O2S. The smallest absolute Gasteiger partial charge is 0.257 e. The molecular weight excluding hydrogens is 272 g/mol. The summed E-state index contributed by atoms with van der Waals surface area (Å²) in [5, 5.41) is 11.9. The highest BCUT2D eigenvalue weighted by Gasteiger charge is 2.21. The van der Waals surface area contributed by atoms with Gasteiger partial charge in [-0.25, -0.2) is 0 Å². The second-order valence-corrected chi connectivity index (χ2v) is 5.82. The summed E-state index contributed by atoms with van der Waals surface area (Å²) in [4.78, 5) is 15.3. The van der Waals surface area contributed by atoms with Crippen LogP contribution >= 0.6 is 11.3 Å². The lowest BCUT2D eigenvalue weighted by Gasteiger charge is -2.25. The van der Waals surface area contributed by atoms with Crippen LogP contribution in [0.4, 0.5) is 5.69 Å². The molecule has 1 heterocycles. The molecule has 5 heteroatoms. The molecule has 4 nitrogen and oxygen atoms in total. The highest BCUT2D eigenvalue weighted by molar-refractivity contribution is 7.09. The first-order valence-corrected chi connectivity index (χ1v) is 7.25. The first-order chi connectivity index (χ1) is 9.50. The van der Waals surface area contributed by atoms with Crippen molar-refractivity contribution in [1.82, 2.24) is 4.90 Å². The zero-order chi connectivity index (χ0) is 14.7. The van der Waals surface area contributed by atoms with Gasteiger partial charge in [0.05, 0.1) is 11.3 Å². The molecule has 1 unspecified atom stereocenters. The molecule has 0 bridgehead atoms. The lowest BCUT2D eigenvalue weighted by atomic mass is 10.1. The molecule has 0 fully saturated rings. The first kappa shape index (κ1) is 14.4. The van der Waals surface area contributed by atoms with Gasteiger partial charge in [0, 0.05) is 24.4 Å². The zero-order valence-electron chi connectivity index (χ0n) is 11.5. The number of thiophene rings is 1. The Morgan fingerprint density at radius 1 is 1.40 bits per heavy atom. The molecule has 3 N–H and O–H groups in total. The van der Waals surface area contributed by atoms with Gasteiger partial charge in [-0.3, -0.25) is 4.79 Å². The maximum absolute atomic E-state index is 12.4. The average Bonchev–Trinajstić information content (AvgIpc) is 2.93. The van der Waals surface area contributed by atoms with E-state index in [0.717, 1.165) is 6.42 Å². The summed E-state index contributed by atoms with van der Waals surface area (Å²) < 4.78 is 0. The lowest BCUT2D eigenvalue weighted by molar-refractivity contribution is 0.0741. The van der Waals surface area contributed by atoms with Crippen molar-refractivity contribution in [2.24, 2.45) is 0 Å². The zero-order valence-corrected chi connectivity index (χ0v) is 12.4. The monoisotopic (exact) mass is 290 g/mol. The number of nitrogens with two attached hydrogens (primary N) is 1. The quantitative estimate of drug-likeness (QED) is 0.672. The third kappa shape index (κ3) is 2.93. The van der Waals surface area contributed by atoms with Crippen molar-refractivity contribution >= 4 is 22.9 Å². The van der Waals surface area contributed by atoms with E-state index in [9.17, 15) is 9.90 Å². The van der Waals surface area contributed by atoms with Crippen molar-refractivity contribution in [2.45, 2.75) is 19.4 Å². The van der Waals surface area contributed by atoms with Crippen molar-refractivity contribution in [2.75, 3.05) is 12.8 Å². The minimum Gasteiger partial charge on any atom is -0.505 e. The number of phenols is 1. The molecule has 2 rings (SSSR count). The number of carbonyl (C=O) groups excluding carboxylic acids is 1. The largest absolute Gasteiger partial charge is 0.505 e. The van der Waals surface area contributed by atoms with Crippen LogP contribution in [0.15, 0.2) is 35.7 Å². The summed E-state index contributed by atoms with van der Waals surface area (Å²) in [6.07, 6.45) is 0.795. The number of rotatable bonds is 4. The highest BCUT2D eigenvalue weighted by atomic mass is 32.1. The van der Waals surface area contributed by atoms with Gasteiger partial charge in [-0.15, -0.1) is 11.3 Å². The molecule has 0 saturated carbocycles. The van der Waals surface area contributed by atoms with E-state index in [1.165, 1.54) is 4.88 Å². The standard InChI is InChI=1S/C15H18N2O2S/c1-10(9-11-5-4-8-20-11)17(2)15(19)12-6-3-7-13(16)14(12)18/h3-8,10,18H,9,16H2,1-2H3. The number of hydrogen-bond acceptors (Lipinski definition) is 4. The number of nitrogens with zero attached hydrogens (tertiary/aromatic N) is 1. The molecule has 20 heavy (non-hydrogen) atoms. The number of hydrogen-bond donors (Lipinski definition) is 2. The Kier molecular flexibility index (Phi) is 4.29. The van der Waals surface area contributed by atoms with Gasteiger partial charge in [0.15, 0.2) is 5.75 Å². The summed E-state index contributed by atoms with van der Waals surface area (Å²) in [6.45, 7) is 1.99. The predicted molar refractivity (Wildman–Crippen MR) is 82.1 cm³/mol. The number of nitrogen functional groups attached to an aromatic ring is 1. The van der Waals surface area contributed by atoms with E-state index in [0.29, 0.717) is 0 Å². The van der Waals surface area contributed by atoms with E-state index in [1.807, 2.05) is 18.4 Å². The van der Waals surface area contributed by atoms with Gasteiger partial charge in [0.2, 0.25) is 0 Å². The molecule has 0 spiro atoms. The van der Waals surface area contributed by atoms with E-state index in [-0.39, 0.29) is 28.9 Å². The number of aromatic hydroxyl groups is 1. The second-order valence-electron chi connectivity index (χ2n) is 4.79. The average molecular weight is 290 g/mol. The van der Waals surface area contributed by atoms with Crippen LogP contribution in [0.25, 0.3) is 0 Å². The van der Waals surface area contributed by atoms with E-state index < -0.39 is 0 Å². The molecule has 1 aromatic heterocycles. The van der Waals surface area contributed by atoms with Gasteiger partial charge in [0.1, 0.15) is 0 Å². The molecule has 1 atom stereocenters. The number of anilines is 1.